The Balaban J connectivity index is 1.41. The van der Waals surface area contributed by atoms with Crippen molar-refractivity contribution in [3.05, 3.63) is 77.1 Å². The van der Waals surface area contributed by atoms with Crippen LogP contribution in [0, 0.1) is 6.92 Å². The SMILES string of the molecule is Cc1ccc(-n2ccnc2N2CCN(Cc3ccc(Cl)cc3)CC2)cc1. The van der Waals surface area contributed by atoms with Crippen molar-refractivity contribution in [2.24, 2.45) is 0 Å². The Morgan fingerprint density at radius 2 is 1.62 bits per heavy atom. The van der Waals surface area contributed by atoms with Crippen LogP contribution in [-0.4, -0.2) is 40.6 Å². The van der Waals surface area contributed by atoms with Gasteiger partial charge in [0, 0.05) is 55.8 Å². The largest absolute Gasteiger partial charge is 0.339 e. The molecule has 134 valence electrons. The fraction of sp³-hybridized carbons (Fsp3) is 0.286. The fourth-order valence-corrected chi connectivity index (χ4v) is 3.52. The van der Waals surface area contributed by atoms with Crippen molar-refractivity contribution in [2.75, 3.05) is 31.1 Å². The molecule has 0 spiro atoms. The maximum atomic E-state index is 5.98. The summed E-state index contributed by atoms with van der Waals surface area (Å²) in [6.07, 6.45) is 3.93. The van der Waals surface area contributed by atoms with E-state index in [1.165, 1.54) is 11.1 Å². The average molecular weight is 367 g/mol. The zero-order valence-electron chi connectivity index (χ0n) is 15.0. The Morgan fingerprint density at radius 3 is 2.31 bits per heavy atom. The van der Waals surface area contributed by atoms with Crippen LogP contribution in [0.25, 0.3) is 5.69 Å². The van der Waals surface area contributed by atoms with Crippen LogP contribution in [0.15, 0.2) is 60.9 Å². The van der Waals surface area contributed by atoms with Crippen molar-refractivity contribution >= 4 is 17.5 Å². The third-order valence-corrected chi connectivity index (χ3v) is 5.16. The van der Waals surface area contributed by atoms with Gasteiger partial charge in [-0.2, -0.15) is 0 Å². The van der Waals surface area contributed by atoms with E-state index in [0.29, 0.717) is 0 Å². The molecular weight excluding hydrogens is 344 g/mol. The van der Waals surface area contributed by atoms with Crippen molar-refractivity contribution in [1.29, 1.82) is 0 Å². The fourth-order valence-electron chi connectivity index (χ4n) is 3.39. The van der Waals surface area contributed by atoms with Gasteiger partial charge in [0.25, 0.3) is 0 Å². The molecule has 1 fully saturated rings. The zero-order valence-corrected chi connectivity index (χ0v) is 15.7. The molecule has 0 saturated carbocycles. The molecule has 26 heavy (non-hydrogen) atoms. The number of piperazine rings is 1. The number of imidazole rings is 1. The van der Waals surface area contributed by atoms with Gasteiger partial charge in [-0.1, -0.05) is 41.4 Å². The first-order valence-electron chi connectivity index (χ1n) is 9.01. The maximum Gasteiger partial charge on any atom is 0.210 e. The lowest BCUT2D eigenvalue weighted by molar-refractivity contribution is 0.248. The third-order valence-electron chi connectivity index (χ3n) is 4.91. The van der Waals surface area contributed by atoms with Gasteiger partial charge in [-0.15, -0.1) is 0 Å². The van der Waals surface area contributed by atoms with Crippen LogP contribution in [0.2, 0.25) is 5.02 Å². The van der Waals surface area contributed by atoms with E-state index in [1.54, 1.807) is 0 Å². The van der Waals surface area contributed by atoms with Gasteiger partial charge in [-0.05, 0) is 36.8 Å². The standard InChI is InChI=1S/C21H23ClN4/c1-17-2-8-20(9-3-17)26-11-10-23-21(26)25-14-12-24(13-15-25)16-18-4-6-19(22)7-5-18/h2-11H,12-16H2,1H3. The molecule has 1 aliphatic heterocycles. The van der Waals surface area contributed by atoms with Gasteiger partial charge in [0.15, 0.2) is 0 Å². The number of nitrogens with zero attached hydrogens (tertiary/aromatic N) is 4. The Kier molecular flexibility index (Phi) is 4.96. The van der Waals surface area contributed by atoms with Crippen molar-refractivity contribution in [3.63, 3.8) is 0 Å². The molecule has 0 unspecified atom stereocenters. The molecule has 3 aromatic rings. The van der Waals surface area contributed by atoms with Gasteiger partial charge in [-0.3, -0.25) is 9.47 Å². The summed E-state index contributed by atoms with van der Waals surface area (Å²) in [5.41, 5.74) is 3.74. The highest BCUT2D eigenvalue weighted by atomic mass is 35.5. The quantitative estimate of drug-likeness (QED) is 0.693. The number of halogens is 1. The van der Waals surface area contributed by atoms with Crippen molar-refractivity contribution in [3.8, 4) is 5.69 Å². The summed E-state index contributed by atoms with van der Waals surface area (Å²) in [6, 6.07) is 16.7. The number of hydrogen-bond acceptors (Lipinski definition) is 3. The first-order chi connectivity index (χ1) is 12.7. The average Bonchev–Trinajstić information content (AvgIpc) is 3.15. The molecule has 4 rings (SSSR count). The number of anilines is 1. The van der Waals surface area contributed by atoms with Gasteiger partial charge in [0.05, 0.1) is 0 Å². The molecule has 0 aliphatic carbocycles. The van der Waals surface area contributed by atoms with E-state index >= 15 is 0 Å². The second-order valence-corrected chi connectivity index (χ2v) is 7.26. The highest BCUT2D eigenvalue weighted by Gasteiger charge is 2.20. The summed E-state index contributed by atoms with van der Waals surface area (Å²) >= 11 is 5.98. The normalized spacial score (nSPS) is 15.4. The number of aryl methyl sites for hydroxylation is 1. The van der Waals surface area contributed by atoms with Crippen molar-refractivity contribution in [2.45, 2.75) is 13.5 Å². The molecule has 0 N–H and O–H groups in total. The molecule has 0 amide bonds. The molecule has 5 heteroatoms. The van der Waals surface area contributed by atoms with Gasteiger partial charge < -0.3 is 4.90 Å². The second kappa shape index (κ2) is 7.52. The maximum absolute atomic E-state index is 5.98. The van der Waals surface area contributed by atoms with E-state index in [0.717, 1.165) is 49.4 Å². The van der Waals surface area contributed by atoms with E-state index < -0.39 is 0 Å². The summed E-state index contributed by atoms with van der Waals surface area (Å²) in [7, 11) is 0. The van der Waals surface area contributed by atoms with Gasteiger partial charge in [0.2, 0.25) is 5.95 Å². The summed E-state index contributed by atoms with van der Waals surface area (Å²) < 4.78 is 2.17. The Morgan fingerprint density at radius 1 is 0.923 bits per heavy atom. The van der Waals surface area contributed by atoms with Gasteiger partial charge in [-0.25, -0.2) is 4.98 Å². The Bertz CT molecular complexity index is 846. The lowest BCUT2D eigenvalue weighted by Crippen LogP contribution is -2.46. The van der Waals surface area contributed by atoms with E-state index in [9.17, 15) is 0 Å². The molecule has 0 atom stereocenters. The molecule has 1 saturated heterocycles. The van der Waals surface area contributed by atoms with Crippen LogP contribution >= 0.6 is 11.6 Å². The predicted octanol–water partition coefficient (Wildman–Crippen LogP) is 4.16. The van der Waals surface area contributed by atoms with E-state index in [-0.39, 0.29) is 0 Å². The molecule has 2 heterocycles. The Labute approximate surface area is 159 Å². The number of rotatable bonds is 4. The smallest absolute Gasteiger partial charge is 0.210 e. The van der Waals surface area contributed by atoms with E-state index in [2.05, 4.69) is 62.7 Å². The second-order valence-electron chi connectivity index (χ2n) is 6.82. The summed E-state index contributed by atoms with van der Waals surface area (Å²) in [5, 5.41) is 0.793. The van der Waals surface area contributed by atoms with Crippen LogP contribution in [-0.2, 0) is 6.54 Å². The lowest BCUT2D eigenvalue weighted by atomic mass is 10.2. The minimum atomic E-state index is 0.793. The van der Waals surface area contributed by atoms with Crippen LogP contribution in [0.4, 0.5) is 5.95 Å². The topological polar surface area (TPSA) is 24.3 Å². The predicted molar refractivity (Wildman–Crippen MR) is 107 cm³/mol. The summed E-state index contributed by atoms with van der Waals surface area (Å²) in [4.78, 5) is 9.47. The monoisotopic (exact) mass is 366 g/mol. The summed E-state index contributed by atoms with van der Waals surface area (Å²) in [5.74, 6) is 1.03. The molecule has 4 nitrogen and oxygen atoms in total. The minimum absolute atomic E-state index is 0.793. The van der Waals surface area contributed by atoms with E-state index in [1.807, 2.05) is 24.5 Å². The van der Waals surface area contributed by atoms with Crippen molar-refractivity contribution < 1.29 is 0 Å². The first kappa shape index (κ1) is 17.1. The summed E-state index contributed by atoms with van der Waals surface area (Å²) in [6.45, 7) is 7.11. The van der Waals surface area contributed by atoms with Gasteiger partial charge >= 0.3 is 0 Å². The van der Waals surface area contributed by atoms with Gasteiger partial charge in [0.1, 0.15) is 0 Å². The molecule has 2 aromatic carbocycles. The van der Waals surface area contributed by atoms with Crippen LogP contribution < -0.4 is 4.90 Å². The number of aromatic nitrogens is 2. The van der Waals surface area contributed by atoms with Crippen LogP contribution in [0.3, 0.4) is 0 Å². The van der Waals surface area contributed by atoms with Crippen LogP contribution in [0.1, 0.15) is 11.1 Å². The van der Waals surface area contributed by atoms with E-state index in [4.69, 9.17) is 11.6 Å². The molecular formula is C21H23ClN4. The van der Waals surface area contributed by atoms with Crippen LogP contribution in [0.5, 0.6) is 0 Å². The molecule has 0 bridgehead atoms. The lowest BCUT2D eigenvalue weighted by Gasteiger charge is -2.35. The molecule has 0 radical (unpaired) electrons. The third kappa shape index (κ3) is 3.76. The Hall–Kier alpha value is -2.30. The number of hydrogen-bond donors (Lipinski definition) is 0. The zero-order chi connectivity index (χ0) is 17.9. The molecule has 1 aromatic heterocycles. The highest BCUT2D eigenvalue weighted by Crippen LogP contribution is 2.21. The van der Waals surface area contributed by atoms with Crippen molar-refractivity contribution in [1.82, 2.24) is 14.5 Å². The first-order valence-corrected chi connectivity index (χ1v) is 9.39. The minimum Gasteiger partial charge on any atom is -0.339 e. The molecule has 1 aliphatic rings. The number of benzene rings is 2. The highest BCUT2D eigenvalue weighted by molar-refractivity contribution is 6.30.